The number of aryl methyl sites for hydroxylation is 1. The molecule has 62 heavy (non-hydrogen) atoms. The molecule has 0 bridgehead atoms. The highest BCUT2D eigenvalue weighted by Crippen LogP contribution is 2.49. The van der Waals surface area contributed by atoms with E-state index in [2.05, 4.69) is 181 Å². The highest BCUT2D eigenvalue weighted by molar-refractivity contribution is 6.40. The van der Waals surface area contributed by atoms with Crippen LogP contribution in [0.3, 0.4) is 0 Å². The summed E-state index contributed by atoms with van der Waals surface area (Å²) >= 11 is 0. The maximum absolute atomic E-state index is 6.82. The van der Waals surface area contributed by atoms with Crippen LogP contribution < -0.4 is 9.30 Å². The van der Waals surface area contributed by atoms with Crippen LogP contribution in [0, 0.1) is 6.33 Å². The zero-order valence-electron chi connectivity index (χ0n) is 34.9. The van der Waals surface area contributed by atoms with Crippen molar-refractivity contribution in [3.05, 3.63) is 194 Å². The van der Waals surface area contributed by atoms with Crippen LogP contribution in [0.4, 0.5) is 0 Å². The van der Waals surface area contributed by atoms with Crippen LogP contribution in [0.2, 0.25) is 0 Å². The molecule has 12 aromatic rings. The van der Waals surface area contributed by atoms with E-state index in [4.69, 9.17) is 9.72 Å². The second-order valence-corrected chi connectivity index (χ2v) is 17.2. The SMILES string of the molecule is Cn1c2ccccc2c2c3c4ccc(Oc5cccc(-[n+]6[c-]n(-c7ccccc7)cc6)c5)cc4n(-c4cc(C(C)(C)C)ccn4)c3c3c(c4ccccc4n3-c3ccccc3)c21. The summed E-state index contributed by atoms with van der Waals surface area (Å²) in [5, 5.41) is 7.18. The molecule has 7 aromatic carbocycles. The molecular weight excluding hydrogens is 761 g/mol. The molecule has 12 rings (SSSR count). The molecule has 7 heteroatoms. The third-order valence-electron chi connectivity index (χ3n) is 12.4. The van der Waals surface area contributed by atoms with Crippen molar-refractivity contribution in [2.75, 3.05) is 0 Å². The van der Waals surface area contributed by atoms with Crippen LogP contribution >= 0.6 is 0 Å². The summed E-state index contributed by atoms with van der Waals surface area (Å²) in [6, 6.07) is 57.7. The number of hydrogen-bond acceptors (Lipinski definition) is 2. The van der Waals surface area contributed by atoms with Crippen molar-refractivity contribution in [3.8, 4) is 34.4 Å². The number of aromatic nitrogens is 6. The van der Waals surface area contributed by atoms with Gasteiger partial charge in [0.15, 0.2) is 0 Å². The number of fused-ring (bicyclic) bond motifs is 12. The monoisotopic (exact) mass is 802 g/mol. The summed E-state index contributed by atoms with van der Waals surface area (Å²) in [7, 11) is 2.21. The van der Waals surface area contributed by atoms with Gasteiger partial charge in [0.05, 0.1) is 39.0 Å². The third kappa shape index (κ3) is 5.44. The first kappa shape index (κ1) is 36.0. The molecule has 0 atom stereocenters. The maximum Gasteiger partial charge on any atom is 0.268 e. The molecule has 0 N–H and O–H groups in total. The van der Waals surface area contributed by atoms with Crippen LogP contribution in [0.1, 0.15) is 26.3 Å². The molecule has 298 valence electrons. The Morgan fingerprint density at radius 1 is 0.548 bits per heavy atom. The lowest BCUT2D eigenvalue weighted by atomic mass is 9.88. The number of hydrogen-bond donors (Lipinski definition) is 0. The normalized spacial score (nSPS) is 12.2. The predicted octanol–water partition coefficient (Wildman–Crippen LogP) is 12.9. The number of benzene rings is 7. The molecule has 0 fully saturated rings. The lowest BCUT2D eigenvalue weighted by molar-refractivity contribution is -0.599. The number of ether oxygens (including phenoxy) is 1. The van der Waals surface area contributed by atoms with E-state index in [0.29, 0.717) is 0 Å². The van der Waals surface area contributed by atoms with Gasteiger partial charge < -0.3 is 13.9 Å². The van der Waals surface area contributed by atoms with Gasteiger partial charge in [0.2, 0.25) is 0 Å². The lowest BCUT2D eigenvalue weighted by Crippen LogP contribution is -2.28. The van der Waals surface area contributed by atoms with Gasteiger partial charge in [-0.15, -0.1) is 0 Å². The Kier molecular flexibility index (Phi) is 7.87. The minimum atomic E-state index is -0.0928. The zero-order chi connectivity index (χ0) is 41.7. The van der Waals surface area contributed by atoms with E-state index in [-0.39, 0.29) is 5.41 Å². The fourth-order valence-electron chi connectivity index (χ4n) is 9.57. The van der Waals surface area contributed by atoms with E-state index in [1.165, 1.54) is 43.5 Å². The van der Waals surface area contributed by atoms with Crippen molar-refractivity contribution in [3.63, 3.8) is 0 Å². The number of nitrogens with zero attached hydrogens (tertiary/aromatic N) is 6. The summed E-state index contributed by atoms with van der Waals surface area (Å²) in [5.74, 6) is 2.32. The van der Waals surface area contributed by atoms with Gasteiger partial charge in [0.25, 0.3) is 6.33 Å². The first-order valence-electron chi connectivity index (χ1n) is 21.1. The average molecular weight is 803 g/mol. The van der Waals surface area contributed by atoms with Gasteiger partial charge in [-0.25, -0.2) is 4.98 Å². The predicted molar refractivity (Wildman–Crippen MR) is 252 cm³/mol. The van der Waals surface area contributed by atoms with Crippen LogP contribution in [0.5, 0.6) is 11.5 Å². The smallest absolute Gasteiger partial charge is 0.268 e. The highest BCUT2D eigenvalue weighted by Gasteiger charge is 2.29. The molecule has 0 saturated heterocycles. The summed E-state index contributed by atoms with van der Waals surface area (Å²) < 4.78 is 18.0. The first-order chi connectivity index (χ1) is 30.3. The van der Waals surface area contributed by atoms with Crippen molar-refractivity contribution >= 4 is 65.4 Å². The van der Waals surface area contributed by atoms with E-state index in [1.54, 1.807) is 0 Å². The summed E-state index contributed by atoms with van der Waals surface area (Å²) in [5.41, 5.74) is 11.0. The van der Waals surface area contributed by atoms with E-state index in [1.807, 2.05) is 58.1 Å². The minimum Gasteiger partial charge on any atom is -0.458 e. The molecule has 0 radical (unpaired) electrons. The van der Waals surface area contributed by atoms with Crippen LogP contribution in [-0.2, 0) is 12.5 Å². The van der Waals surface area contributed by atoms with Crippen molar-refractivity contribution in [2.24, 2.45) is 7.05 Å². The van der Waals surface area contributed by atoms with E-state index >= 15 is 0 Å². The number of imidazole rings is 1. The minimum absolute atomic E-state index is 0.0928. The number of para-hydroxylation sites is 4. The molecule has 0 amide bonds. The number of rotatable bonds is 6. The fraction of sp³-hybridized carbons (Fsp3) is 0.0909. The summed E-state index contributed by atoms with van der Waals surface area (Å²) in [4.78, 5) is 5.19. The Bertz CT molecular complexity index is 3710. The standard InChI is InChI=1S/C55H42N6O/c1-55(2,3)36-28-29-56-48(32-36)61-47-34-41(62-40-21-15-20-39(33-40)59-31-30-58(35-59)37-16-7-5-8-17-37)26-27-44(47)50-49-42-22-11-13-24-45(42)57(4)52(49)51-43-23-12-14-25-46(43)60(54(51)53(50)61)38-18-9-6-10-19-38/h5-34H,1-4H3. The maximum atomic E-state index is 6.82. The Hall–Kier alpha value is -7.90. The van der Waals surface area contributed by atoms with E-state index in [0.717, 1.165) is 61.8 Å². The van der Waals surface area contributed by atoms with Gasteiger partial charge in [-0.1, -0.05) is 99.6 Å². The summed E-state index contributed by atoms with van der Waals surface area (Å²) in [6.07, 6.45) is 9.43. The lowest BCUT2D eigenvalue weighted by Gasteiger charge is -2.20. The molecule has 0 aliphatic heterocycles. The molecule has 0 saturated carbocycles. The second-order valence-electron chi connectivity index (χ2n) is 17.2. The molecule has 0 unspecified atom stereocenters. The third-order valence-corrected chi connectivity index (χ3v) is 12.4. The Morgan fingerprint density at radius 3 is 1.97 bits per heavy atom. The Balaban J connectivity index is 1.17. The summed E-state index contributed by atoms with van der Waals surface area (Å²) in [6.45, 7) is 6.78. The quantitative estimate of drug-likeness (QED) is 0.124. The first-order valence-corrected chi connectivity index (χ1v) is 21.1. The second kappa shape index (κ2) is 13.6. The van der Waals surface area contributed by atoms with Crippen LogP contribution in [-0.4, -0.2) is 23.3 Å². The fourth-order valence-corrected chi connectivity index (χ4v) is 9.57. The van der Waals surface area contributed by atoms with Crippen LogP contribution in [0.25, 0.3) is 88.3 Å². The topological polar surface area (TPSA) is 45.7 Å². The number of pyridine rings is 1. The van der Waals surface area contributed by atoms with Crippen molar-refractivity contribution in [1.29, 1.82) is 0 Å². The largest absolute Gasteiger partial charge is 0.458 e. The van der Waals surface area contributed by atoms with E-state index in [9.17, 15) is 0 Å². The molecule has 0 aliphatic carbocycles. The zero-order valence-corrected chi connectivity index (χ0v) is 34.9. The molecular formula is C55H42N6O. The van der Waals surface area contributed by atoms with Gasteiger partial charge in [0, 0.05) is 75.2 Å². The van der Waals surface area contributed by atoms with Crippen molar-refractivity contribution < 1.29 is 9.30 Å². The van der Waals surface area contributed by atoms with Gasteiger partial charge in [-0.2, -0.15) is 0 Å². The highest BCUT2D eigenvalue weighted by atomic mass is 16.5. The van der Waals surface area contributed by atoms with Gasteiger partial charge in [0.1, 0.15) is 17.3 Å². The van der Waals surface area contributed by atoms with E-state index < -0.39 is 0 Å². The Morgan fingerprint density at radius 2 is 1.19 bits per heavy atom. The molecule has 0 aliphatic rings. The van der Waals surface area contributed by atoms with Gasteiger partial charge in [-0.3, -0.25) is 13.7 Å². The molecule has 7 nitrogen and oxygen atoms in total. The van der Waals surface area contributed by atoms with Crippen molar-refractivity contribution in [2.45, 2.75) is 26.2 Å². The molecule has 5 aromatic heterocycles. The average Bonchev–Trinajstić information content (AvgIpc) is 4.08. The van der Waals surface area contributed by atoms with Crippen molar-refractivity contribution in [1.82, 2.24) is 23.3 Å². The van der Waals surface area contributed by atoms with Gasteiger partial charge >= 0.3 is 0 Å². The molecule has 0 spiro atoms. The molecule has 5 heterocycles. The Labute approximate surface area is 358 Å². The van der Waals surface area contributed by atoms with Crippen LogP contribution in [0.15, 0.2) is 182 Å². The van der Waals surface area contributed by atoms with Gasteiger partial charge in [-0.05, 0) is 89.8 Å².